The summed E-state index contributed by atoms with van der Waals surface area (Å²) in [6, 6.07) is 7.67. The van der Waals surface area contributed by atoms with Crippen LogP contribution in [0.25, 0.3) is 0 Å². The minimum absolute atomic E-state index is 0.375. The molecule has 1 aliphatic rings. The lowest BCUT2D eigenvalue weighted by Gasteiger charge is -2.33. The van der Waals surface area contributed by atoms with Crippen LogP contribution in [0.5, 0.6) is 0 Å². The van der Waals surface area contributed by atoms with Gasteiger partial charge in [-0.15, -0.1) is 0 Å². The molecule has 0 radical (unpaired) electrons. The Morgan fingerprint density at radius 1 is 1.41 bits per heavy atom. The van der Waals surface area contributed by atoms with Gasteiger partial charge in [-0.3, -0.25) is 0 Å². The van der Waals surface area contributed by atoms with Crippen LogP contribution in [0.2, 0.25) is 5.02 Å². The summed E-state index contributed by atoms with van der Waals surface area (Å²) >= 11 is 6.03. The van der Waals surface area contributed by atoms with Crippen molar-refractivity contribution in [3.63, 3.8) is 0 Å². The fraction of sp³-hybridized carbons (Fsp3) is 0.462. The highest BCUT2D eigenvalue weighted by Crippen LogP contribution is 2.26. The summed E-state index contributed by atoms with van der Waals surface area (Å²) in [5.41, 5.74) is 1.62. The van der Waals surface area contributed by atoms with Gasteiger partial charge in [0.05, 0.1) is 16.7 Å². The Kier molecular flexibility index (Phi) is 3.88. The molecule has 0 amide bonds. The third-order valence-electron chi connectivity index (χ3n) is 3.21. The van der Waals surface area contributed by atoms with Crippen molar-refractivity contribution in [1.82, 2.24) is 0 Å². The van der Waals surface area contributed by atoms with Crippen molar-refractivity contribution in [2.24, 2.45) is 0 Å². The first-order valence-electron chi connectivity index (χ1n) is 5.72. The van der Waals surface area contributed by atoms with E-state index in [4.69, 9.17) is 21.6 Å². The molecular formula is C13H15ClN2O. The van der Waals surface area contributed by atoms with E-state index in [1.54, 1.807) is 13.2 Å². The summed E-state index contributed by atoms with van der Waals surface area (Å²) < 4.78 is 5.34. The molecular weight excluding hydrogens is 236 g/mol. The molecule has 0 bridgehead atoms. The van der Waals surface area contributed by atoms with Crippen molar-refractivity contribution in [1.29, 1.82) is 5.26 Å². The molecule has 1 aliphatic heterocycles. The smallest absolute Gasteiger partial charge is 0.101 e. The second-order valence-electron chi connectivity index (χ2n) is 4.20. The average Bonchev–Trinajstić information content (AvgIpc) is 2.39. The van der Waals surface area contributed by atoms with Crippen molar-refractivity contribution < 1.29 is 4.74 Å². The predicted octanol–water partition coefficient (Wildman–Crippen LogP) is 2.83. The van der Waals surface area contributed by atoms with E-state index in [9.17, 15) is 0 Å². The lowest BCUT2D eigenvalue weighted by Crippen LogP contribution is -2.36. The predicted molar refractivity (Wildman–Crippen MR) is 68.4 cm³/mol. The molecule has 1 saturated heterocycles. The normalized spacial score (nSPS) is 16.9. The number of benzene rings is 1. The van der Waals surface area contributed by atoms with Crippen LogP contribution < -0.4 is 4.90 Å². The molecule has 4 heteroatoms. The third kappa shape index (κ3) is 2.71. The van der Waals surface area contributed by atoms with E-state index in [0.29, 0.717) is 16.7 Å². The largest absolute Gasteiger partial charge is 0.381 e. The van der Waals surface area contributed by atoms with E-state index >= 15 is 0 Å². The molecule has 0 unspecified atom stereocenters. The quantitative estimate of drug-likeness (QED) is 0.810. The average molecular weight is 251 g/mol. The first kappa shape index (κ1) is 12.2. The highest BCUT2D eigenvalue weighted by Gasteiger charge is 2.19. The van der Waals surface area contributed by atoms with E-state index in [1.165, 1.54) is 0 Å². The standard InChI is InChI=1S/C13H15ClN2O/c1-17-12-4-6-16(7-5-12)11-3-2-10(9-15)13(14)8-11/h2-3,8,12H,4-7H2,1H3. The summed E-state index contributed by atoms with van der Waals surface area (Å²) in [5, 5.41) is 9.35. The van der Waals surface area contributed by atoms with Gasteiger partial charge in [0.15, 0.2) is 0 Å². The van der Waals surface area contributed by atoms with Gasteiger partial charge in [-0.2, -0.15) is 5.26 Å². The van der Waals surface area contributed by atoms with Crippen molar-refractivity contribution >= 4 is 17.3 Å². The van der Waals surface area contributed by atoms with Crippen LogP contribution in [0.4, 0.5) is 5.69 Å². The monoisotopic (exact) mass is 250 g/mol. The zero-order valence-electron chi connectivity index (χ0n) is 9.82. The molecule has 1 aromatic carbocycles. The van der Waals surface area contributed by atoms with E-state index in [-0.39, 0.29) is 0 Å². The Balaban J connectivity index is 2.09. The summed E-state index contributed by atoms with van der Waals surface area (Å²) in [4.78, 5) is 2.28. The van der Waals surface area contributed by atoms with Gasteiger partial charge in [0.1, 0.15) is 6.07 Å². The van der Waals surface area contributed by atoms with Crippen LogP contribution in [-0.2, 0) is 4.74 Å². The first-order valence-corrected chi connectivity index (χ1v) is 6.10. The van der Waals surface area contributed by atoms with Gasteiger partial charge in [-0.05, 0) is 31.0 Å². The van der Waals surface area contributed by atoms with Crippen molar-refractivity contribution in [2.45, 2.75) is 18.9 Å². The second kappa shape index (κ2) is 5.39. The number of piperidine rings is 1. The Morgan fingerprint density at radius 2 is 2.12 bits per heavy atom. The summed E-state index contributed by atoms with van der Waals surface area (Å²) in [7, 11) is 1.76. The Morgan fingerprint density at radius 3 is 2.65 bits per heavy atom. The van der Waals surface area contributed by atoms with Gasteiger partial charge in [-0.25, -0.2) is 0 Å². The van der Waals surface area contributed by atoms with E-state index in [1.807, 2.05) is 12.1 Å². The molecule has 17 heavy (non-hydrogen) atoms. The van der Waals surface area contributed by atoms with E-state index in [2.05, 4.69) is 11.0 Å². The molecule has 0 atom stereocenters. The maximum atomic E-state index is 8.82. The molecule has 90 valence electrons. The zero-order chi connectivity index (χ0) is 12.3. The first-order chi connectivity index (χ1) is 8.24. The molecule has 1 heterocycles. The highest BCUT2D eigenvalue weighted by atomic mass is 35.5. The molecule has 0 aliphatic carbocycles. The van der Waals surface area contributed by atoms with Gasteiger partial charge in [0.25, 0.3) is 0 Å². The molecule has 0 spiro atoms. The van der Waals surface area contributed by atoms with Crippen LogP contribution >= 0.6 is 11.6 Å². The summed E-state index contributed by atoms with van der Waals surface area (Å²) in [6.45, 7) is 1.95. The highest BCUT2D eigenvalue weighted by molar-refractivity contribution is 6.32. The van der Waals surface area contributed by atoms with Crippen LogP contribution in [-0.4, -0.2) is 26.3 Å². The molecule has 0 saturated carbocycles. The summed E-state index contributed by atoms with van der Waals surface area (Å²) in [5.74, 6) is 0. The number of hydrogen-bond acceptors (Lipinski definition) is 3. The molecule has 2 rings (SSSR count). The number of halogens is 1. The number of rotatable bonds is 2. The minimum atomic E-state index is 0.375. The Bertz CT molecular complexity index is 434. The maximum Gasteiger partial charge on any atom is 0.101 e. The van der Waals surface area contributed by atoms with Gasteiger partial charge in [0, 0.05) is 25.9 Å². The fourth-order valence-corrected chi connectivity index (χ4v) is 2.36. The van der Waals surface area contributed by atoms with Crippen LogP contribution in [0.15, 0.2) is 18.2 Å². The van der Waals surface area contributed by atoms with Gasteiger partial charge < -0.3 is 9.64 Å². The second-order valence-corrected chi connectivity index (χ2v) is 4.61. The number of methoxy groups -OCH3 is 1. The molecule has 3 nitrogen and oxygen atoms in total. The minimum Gasteiger partial charge on any atom is -0.381 e. The number of ether oxygens (including phenoxy) is 1. The molecule has 1 fully saturated rings. The van der Waals surface area contributed by atoms with Crippen LogP contribution in [0.3, 0.4) is 0 Å². The number of nitrogens with zero attached hydrogens (tertiary/aromatic N) is 2. The van der Waals surface area contributed by atoms with E-state index < -0.39 is 0 Å². The van der Waals surface area contributed by atoms with Gasteiger partial charge >= 0.3 is 0 Å². The Labute approximate surface area is 107 Å². The van der Waals surface area contributed by atoms with Gasteiger partial charge in [0.2, 0.25) is 0 Å². The van der Waals surface area contributed by atoms with Crippen molar-refractivity contribution in [3.05, 3.63) is 28.8 Å². The SMILES string of the molecule is COC1CCN(c2ccc(C#N)c(Cl)c2)CC1. The van der Waals surface area contributed by atoms with Crippen LogP contribution in [0.1, 0.15) is 18.4 Å². The number of hydrogen-bond donors (Lipinski definition) is 0. The fourth-order valence-electron chi connectivity index (χ4n) is 2.14. The number of anilines is 1. The van der Waals surface area contributed by atoms with Gasteiger partial charge in [-0.1, -0.05) is 11.6 Å². The number of nitriles is 1. The zero-order valence-corrected chi connectivity index (χ0v) is 10.6. The molecule has 1 aromatic rings. The Hall–Kier alpha value is -1.24. The van der Waals surface area contributed by atoms with Crippen molar-refractivity contribution in [2.75, 3.05) is 25.1 Å². The third-order valence-corrected chi connectivity index (χ3v) is 3.53. The molecule has 0 N–H and O–H groups in total. The lowest BCUT2D eigenvalue weighted by molar-refractivity contribution is 0.0819. The van der Waals surface area contributed by atoms with E-state index in [0.717, 1.165) is 31.6 Å². The summed E-state index contributed by atoms with van der Waals surface area (Å²) in [6.07, 6.45) is 2.45. The van der Waals surface area contributed by atoms with Crippen molar-refractivity contribution in [3.8, 4) is 6.07 Å². The maximum absolute atomic E-state index is 8.82. The lowest BCUT2D eigenvalue weighted by atomic mass is 10.1. The van der Waals surface area contributed by atoms with Crippen LogP contribution in [0, 0.1) is 11.3 Å². The molecule has 0 aromatic heterocycles. The topological polar surface area (TPSA) is 36.3 Å².